The van der Waals surface area contributed by atoms with Crippen molar-refractivity contribution < 1.29 is 4.79 Å². The van der Waals surface area contributed by atoms with Crippen molar-refractivity contribution in [3.63, 3.8) is 0 Å². The number of nitriles is 1. The van der Waals surface area contributed by atoms with Gasteiger partial charge in [-0.05, 0) is 58.6 Å². The molecule has 1 aromatic heterocycles. The zero-order chi connectivity index (χ0) is 22.1. The summed E-state index contributed by atoms with van der Waals surface area (Å²) in [7, 11) is 0. The molecule has 0 aliphatic carbocycles. The molecular weight excluding hydrogens is 482 g/mol. The van der Waals surface area contributed by atoms with Crippen LogP contribution in [0.5, 0.6) is 0 Å². The van der Waals surface area contributed by atoms with Crippen molar-refractivity contribution in [3.05, 3.63) is 68.6 Å². The Hall–Kier alpha value is -2.21. The summed E-state index contributed by atoms with van der Waals surface area (Å²) in [5.41, 5.74) is 3.63. The first-order valence-electron chi connectivity index (χ1n) is 9.34. The van der Waals surface area contributed by atoms with Crippen LogP contribution in [0.1, 0.15) is 17.5 Å². The second kappa shape index (κ2) is 11.8. The van der Waals surface area contributed by atoms with E-state index in [0.29, 0.717) is 40.6 Å². The van der Waals surface area contributed by atoms with Crippen molar-refractivity contribution in [1.29, 1.82) is 5.26 Å². The third kappa shape index (κ3) is 6.66. The number of nitrogens with zero attached hydrogens (tertiary/aromatic N) is 2. The van der Waals surface area contributed by atoms with Gasteiger partial charge in [0.1, 0.15) is 4.99 Å². The van der Waals surface area contributed by atoms with E-state index >= 15 is 0 Å². The van der Waals surface area contributed by atoms with E-state index < -0.39 is 0 Å². The van der Waals surface area contributed by atoms with Crippen LogP contribution in [0, 0.1) is 18.2 Å². The number of allylic oxidation sites excluding steroid dienone is 1. The number of carbonyl (C=O) groups excluding carboxylic acids is 1. The number of hydrogen-bond donors (Lipinski definition) is 2. The maximum Gasteiger partial charge on any atom is 0.265 e. The van der Waals surface area contributed by atoms with Crippen LogP contribution in [0.25, 0.3) is 0 Å². The highest BCUT2D eigenvalue weighted by Crippen LogP contribution is 2.24. The summed E-state index contributed by atoms with van der Waals surface area (Å²) in [6, 6.07) is 7.36. The molecule has 0 bridgehead atoms. The summed E-state index contributed by atoms with van der Waals surface area (Å²) in [5, 5.41) is 16.2. The fourth-order valence-corrected chi connectivity index (χ4v) is 3.53. The number of rotatable bonds is 9. The number of aldehydes is 1. The van der Waals surface area contributed by atoms with Gasteiger partial charge in [0.25, 0.3) is 6.71 Å². The number of carbonyl (C=O) groups is 1. The summed E-state index contributed by atoms with van der Waals surface area (Å²) in [5.74, 6) is 2.23. The average Bonchev–Trinajstić information content (AvgIpc) is 2.74. The van der Waals surface area contributed by atoms with E-state index in [1.54, 1.807) is 18.5 Å². The second-order valence-electron chi connectivity index (χ2n) is 6.77. The lowest BCUT2D eigenvalue weighted by atomic mass is 9.50. The molecule has 1 heterocycles. The number of nitrogens with one attached hydrogen (secondary N) is 2. The van der Waals surface area contributed by atoms with E-state index in [1.165, 1.54) is 0 Å². The summed E-state index contributed by atoms with van der Waals surface area (Å²) in [6.45, 7) is 4.07. The van der Waals surface area contributed by atoms with Crippen LogP contribution in [0.4, 0.5) is 5.69 Å². The van der Waals surface area contributed by atoms with Gasteiger partial charge in [0.15, 0.2) is 6.29 Å². The van der Waals surface area contributed by atoms with Crippen LogP contribution in [0.15, 0.2) is 52.4 Å². The average molecular weight is 504 g/mol. The van der Waals surface area contributed by atoms with Crippen molar-refractivity contribution in [2.75, 3.05) is 5.32 Å². The first kappa shape index (κ1) is 24.1. The molecule has 1 aromatic carbocycles. The fourth-order valence-electron chi connectivity index (χ4n) is 2.69. The van der Waals surface area contributed by atoms with E-state index in [2.05, 4.69) is 37.5 Å². The fraction of sp³-hybridized carbons (Fsp3) is 0.238. The van der Waals surface area contributed by atoms with Crippen molar-refractivity contribution in [3.8, 4) is 5.97 Å². The van der Waals surface area contributed by atoms with Gasteiger partial charge in [-0.3, -0.25) is 9.78 Å². The van der Waals surface area contributed by atoms with Crippen LogP contribution in [-0.4, -0.2) is 23.0 Å². The first-order valence-corrected chi connectivity index (χ1v) is 10.9. The summed E-state index contributed by atoms with van der Waals surface area (Å²) < 4.78 is 0.866. The van der Waals surface area contributed by atoms with Crippen LogP contribution < -0.4 is 10.6 Å². The molecule has 2 rings (SSSR count). The van der Waals surface area contributed by atoms with Crippen LogP contribution >= 0.6 is 39.7 Å². The number of aromatic nitrogens is 1. The highest BCUT2D eigenvalue weighted by molar-refractivity contribution is 9.10. The van der Waals surface area contributed by atoms with Crippen molar-refractivity contribution in [2.24, 2.45) is 0 Å². The number of benzene rings is 1. The van der Waals surface area contributed by atoms with Crippen LogP contribution in [-0.2, 0) is 11.3 Å². The Labute approximate surface area is 196 Å². The molecule has 2 N–H and O–H groups in total. The van der Waals surface area contributed by atoms with E-state index in [9.17, 15) is 4.79 Å². The molecule has 9 heteroatoms. The Morgan fingerprint density at radius 1 is 1.43 bits per heavy atom. The quantitative estimate of drug-likeness (QED) is 0.207. The molecule has 0 atom stereocenters. The molecular formula is C21H21BBrClN4OS. The lowest BCUT2D eigenvalue weighted by Crippen LogP contribution is -2.23. The SMILES string of the molecule is CB(C#N)CC/C(NCc1ccncc1Br)=C(\C=O)C(=S)Nc1cccc(Cl)c1C. The van der Waals surface area contributed by atoms with Gasteiger partial charge in [0, 0.05) is 45.8 Å². The highest BCUT2D eigenvalue weighted by atomic mass is 79.9. The van der Waals surface area contributed by atoms with Gasteiger partial charge in [-0.25, -0.2) is 5.26 Å². The number of anilines is 1. The minimum Gasteiger partial charge on any atom is -0.384 e. The first-order chi connectivity index (χ1) is 14.4. The maximum absolute atomic E-state index is 12.0. The number of hydrogen-bond acceptors (Lipinski definition) is 5. The van der Waals surface area contributed by atoms with Crippen molar-refractivity contribution >= 4 is 63.4 Å². The number of halogens is 2. The Morgan fingerprint density at radius 2 is 2.20 bits per heavy atom. The van der Waals surface area contributed by atoms with Crippen LogP contribution in [0.3, 0.4) is 0 Å². The van der Waals surface area contributed by atoms with E-state index in [-0.39, 0.29) is 6.71 Å². The molecule has 0 saturated carbocycles. The zero-order valence-electron chi connectivity index (χ0n) is 16.7. The predicted molar refractivity (Wildman–Crippen MR) is 131 cm³/mol. The minimum absolute atomic E-state index is 0.140. The second-order valence-corrected chi connectivity index (χ2v) is 8.44. The lowest BCUT2D eigenvalue weighted by molar-refractivity contribution is -0.104. The molecule has 0 amide bonds. The Balaban J connectivity index is 2.30. The van der Waals surface area contributed by atoms with Crippen molar-refractivity contribution in [1.82, 2.24) is 10.3 Å². The van der Waals surface area contributed by atoms with Gasteiger partial charge in [0.2, 0.25) is 0 Å². The standard InChI is InChI=1S/C21H21BBrClN4OS/c1-14-18(24)4-3-5-19(14)28-21(30)16(12-29)20(6-8-22(2)13-25)27-10-15-7-9-26-11-17(15)23/h3-5,7,9,11-12,27H,6,8,10H2,1-2H3,(H,28,30)/b20-16-. The number of pyridine rings is 1. The highest BCUT2D eigenvalue weighted by Gasteiger charge is 2.16. The van der Waals surface area contributed by atoms with E-state index in [4.69, 9.17) is 29.1 Å². The van der Waals surface area contributed by atoms with Gasteiger partial charge in [-0.2, -0.15) is 0 Å². The zero-order valence-corrected chi connectivity index (χ0v) is 19.9. The lowest BCUT2D eigenvalue weighted by Gasteiger charge is -2.18. The topological polar surface area (TPSA) is 77.8 Å². The number of thiocarbonyl (C=S) groups is 1. The van der Waals surface area contributed by atoms with Gasteiger partial charge in [-0.15, -0.1) is 0 Å². The van der Waals surface area contributed by atoms with E-state index in [1.807, 2.05) is 31.9 Å². The van der Waals surface area contributed by atoms with Gasteiger partial charge >= 0.3 is 0 Å². The smallest absolute Gasteiger partial charge is 0.265 e. The van der Waals surface area contributed by atoms with Crippen molar-refractivity contribution in [2.45, 2.75) is 33.0 Å². The third-order valence-corrected chi connectivity index (χ3v) is 6.05. The molecule has 5 nitrogen and oxygen atoms in total. The molecule has 30 heavy (non-hydrogen) atoms. The molecule has 0 fully saturated rings. The Kier molecular flexibility index (Phi) is 9.50. The van der Waals surface area contributed by atoms with Gasteiger partial charge in [-0.1, -0.05) is 43.0 Å². The molecule has 0 unspecified atom stereocenters. The third-order valence-electron chi connectivity index (χ3n) is 4.60. The molecule has 154 valence electrons. The Bertz CT molecular complexity index is 1010. The Morgan fingerprint density at radius 3 is 2.87 bits per heavy atom. The minimum atomic E-state index is -0.140. The van der Waals surface area contributed by atoms with Crippen LogP contribution in [0.2, 0.25) is 18.2 Å². The predicted octanol–water partition coefficient (Wildman–Crippen LogP) is 5.37. The molecule has 0 aliphatic heterocycles. The van der Waals surface area contributed by atoms with Gasteiger partial charge < -0.3 is 10.6 Å². The van der Waals surface area contributed by atoms with Gasteiger partial charge in [0.05, 0.1) is 5.57 Å². The largest absolute Gasteiger partial charge is 0.384 e. The maximum atomic E-state index is 12.0. The summed E-state index contributed by atoms with van der Waals surface area (Å²) in [4.78, 5) is 16.4. The molecule has 0 saturated heterocycles. The molecule has 0 aliphatic rings. The van der Waals surface area contributed by atoms with E-state index in [0.717, 1.165) is 27.6 Å². The normalized spacial score (nSPS) is 11.2. The monoisotopic (exact) mass is 502 g/mol. The molecule has 0 spiro atoms. The molecule has 2 aromatic rings. The summed E-state index contributed by atoms with van der Waals surface area (Å²) in [6.07, 6.45) is 5.29. The molecule has 0 radical (unpaired) electrons. The summed E-state index contributed by atoms with van der Waals surface area (Å²) >= 11 is 15.2.